The smallest absolute Gasteiger partial charge is 0.391 e. The molecule has 0 aliphatic heterocycles. The van der Waals surface area contributed by atoms with E-state index in [0.717, 1.165) is 5.56 Å². The van der Waals surface area contributed by atoms with Crippen LogP contribution >= 0.6 is 24.0 Å². The van der Waals surface area contributed by atoms with Crippen molar-refractivity contribution < 1.29 is 17.6 Å². The van der Waals surface area contributed by atoms with Gasteiger partial charge < -0.3 is 15.1 Å². The van der Waals surface area contributed by atoms with E-state index in [1.54, 1.807) is 6.26 Å². The van der Waals surface area contributed by atoms with Gasteiger partial charge in [-0.2, -0.15) is 13.2 Å². The minimum Gasteiger partial charge on any atom is -0.444 e. The fourth-order valence-corrected chi connectivity index (χ4v) is 3.33. The zero-order valence-electron chi connectivity index (χ0n) is 16.2. The number of rotatable bonds is 5. The number of oxazole rings is 1. The molecule has 1 aliphatic rings. The van der Waals surface area contributed by atoms with Gasteiger partial charge in [0.2, 0.25) is 5.89 Å². The molecular formula is C20H26F3IN4O. The third-order valence-electron chi connectivity index (χ3n) is 4.85. The number of halogens is 4. The highest BCUT2D eigenvalue weighted by molar-refractivity contribution is 14.0. The Morgan fingerprint density at radius 2 is 1.86 bits per heavy atom. The van der Waals surface area contributed by atoms with Crippen LogP contribution in [0.1, 0.15) is 38.3 Å². The van der Waals surface area contributed by atoms with E-state index in [1.807, 2.05) is 37.3 Å². The predicted octanol–water partition coefficient (Wildman–Crippen LogP) is 5.14. The third-order valence-corrected chi connectivity index (χ3v) is 4.85. The molecule has 3 rings (SSSR count). The fraction of sp³-hybridized carbons (Fsp3) is 0.500. The molecule has 9 heteroatoms. The van der Waals surface area contributed by atoms with Gasteiger partial charge in [-0.25, -0.2) is 9.98 Å². The molecule has 1 fully saturated rings. The number of benzene rings is 1. The Bertz CT molecular complexity index is 772. The summed E-state index contributed by atoms with van der Waals surface area (Å²) in [7, 11) is 0. The van der Waals surface area contributed by atoms with Crippen molar-refractivity contribution in [3.8, 4) is 11.5 Å². The number of hydrogen-bond donors (Lipinski definition) is 2. The van der Waals surface area contributed by atoms with Gasteiger partial charge in [0.25, 0.3) is 0 Å². The molecule has 0 bridgehead atoms. The molecule has 0 atom stereocenters. The first-order valence-electron chi connectivity index (χ1n) is 9.57. The second-order valence-electron chi connectivity index (χ2n) is 6.94. The molecule has 2 aromatic rings. The SMILES string of the molecule is CCNC(=NCc1coc(-c2ccccc2)n1)NC1CCC(C(F)(F)F)CC1.I. The molecule has 1 heterocycles. The Hall–Kier alpha value is -1.78. The lowest BCUT2D eigenvalue weighted by Gasteiger charge is -2.31. The normalized spacial score (nSPS) is 20.1. The molecule has 0 spiro atoms. The fourth-order valence-electron chi connectivity index (χ4n) is 3.33. The Balaban J connectivity index is 0.00000300. The monoisotopic (exact) mass is 522 g/mol. The lowest BCUT2D eigenvalue weighted by molar-refractivity contribution is -0.182. The summed E-state index contributed by atoms with van der Waals surface area (Å²) in [5.41, 5.74) is 1.58. The second kappa shape index (κ2) is 10.8. The maximum Gasteiger partial charge on any atom is 0.391 e. The first kappa shape index (κ1) is 23.5. The maximum absolute atomic E-state index is 12.8. The van der Waals surface area contributed by atoms with E-state index >= 15 is 0 Å². The van der Waals surface area contributed by atoms with Crippen LogP contribution < -0.4 is 10.6 Å². The zero-order valence-corrected chi connectivity index (χ0v) is 18.5. The van der Waals surface area contributed by atoms with E-state index in [-0.39, 0.29) is 42.9 Å². The van der Waals surface area contributed by atoms with Crippen molar-refractivity contribution in [2.24, 2.45) is 10.9 Å². The van der Waals surface area contributed by atoms with Gasteiger partial charge in [0.1, 0.15) is 12.0 Å². The topological polar surface area (TPSA) is 62.5 Å². The minimum atomic E-state index is -4.09. The number of nitrogens with zero attached hydrogens (tertiary/aromatic N) is 2. The van der Waals surface area contributed by atoms with E-state index in [4.69, 9.17) is 4.42 Å². The summed E-state index contributed by atoms with van der Waals surface area (Å²) in [4.78, 5) is 8.94. The van der Waals surface area contributed by atoms with Crippen LogP contribution in [0, 0.1) is 5.92 Å². The van der Waals surface area contributed by atoms with Crippen LogP contribution in [-0.4, -0.2) is 29.7 Å². The Morgan fingerprint density at radius 1 is 1.17 bits per heavy atom. The van der Waals surface area contributed by atoms with Crippen molar-refractivity contribution in [2.75, 3.05) is 6.54 Å². The average molecular weight is 522 g/mol. The molecule has 1 aromatic heterocycles. The van der Waals surface area contributed by atoms with Crippen molar-refractivity contribution in [3.05, 3.63) is 42.3 Å². The predicted molar refractivity (Wildman–Crippen MR) is 117 cm³/mol. The van der Waals surface area contributed by atoms with Crippen molar-refractivity contribution in [1.82, 2.24) is 15.6 Å². The number of aliphatic imine (C=N–C) groups is 1. The van der Waals surface area contributed by atoms with Crippen LogP contribution in [0.3, 0.4) is 0 Å². The number of alkyl halides is 3. The summed E-state index contributed by atoms with van der Waals surface area (Å²) < 4.78 is 43.9. The molecule has 5 nitrogen and oxygen atoms in total. The molecular weight excluding hydrogens is 496 g/mol. The highest BCUT2D eigenvalue weighted by Gasteiger charge is 2.41. The van der Waals surface area contributed by atoms with Crippen LogP contribution in [0.4, 0.5) is 13.2 Å². The third kappa shape index (κ3) is 6.90. The van der Waals surface area contributed by atoms with Crippen LogP contribution in [0.25, 0.3) is 11.5 Å². The standard InChI is InChI=1S/C20H25F3N4O.HI/c1-2-24-19(27-16-10-8-15(9-11-16)20(21,22)23)25-12-17-13-28-18(26-17)14-6-4-3-5-7-14;/h3-7,13,15-16H,2,8-12H2,1H3,(H2,24,25,27);1H. The maximum atomic E-state index is 12.8. The first-order valence-corrected chi connectivity index (χ1v) is 9.57. The summed E-state index contributed by atoms with van der Waals surface area (Å²) in [6.45, 7) is 2.93. The summed E-state index contributed by atoms with van der Waals surface area (Å²) in [5.74, 6) is -0.0620. The number of guanidine groups is 1. The van der Waals surface area contributed by atoms with Gasteiger partial charge in [-0.15, -0.1) is 24.0 Å². The van der Waals surface area contributed by atoms with Crippen molar-refractivity contribution in [2.45, 2.75) is 51.4 Å². The van der Waals surface area contributed by atoms with Crippen LogP contribution in [0.2, 0.25) is 0 Å². The molecule has 29 heavy (non-hydrogen) atoms. The highest BCUT2D eigenvalue weighted by atomic mass is 127. The van der Waals surface area contributed by atoms with Gasteiger partial charge in [0.05, 0.1) is 12.5 Å². The van der Waals surface area contributed by atoms with E-state index < -0.39 is 12.1 Å². The molecule has 2 N–H and O–H groups in total. The quantitative estimate of drug-likeness (QED) is 0.325. The van der Waals surface area contributed by atoms with E-state index in [9.17, 15) is 13.2 Å². The lowest BCUT2D eigenvalue weighted by Crippen LogP contribution is -2.45. The highest BCUT2D eigenvalue weighted by Crippen LogP contribution is 2.37. The van der Waals surface area contributed by atoms with Gasteiger partial charge >= 0.3 is 6.18 Å². The summed E-state index contributed by atoms with van der Waals surface area (Å²) >= 11 is 0. The largest absolute Gasteiger partial charge is 0.444 e. The average Bonchev–Trinajstić information content (AvgIpc) is 3.16. The second-order valence-corrected chi connectivity index (χ2v) is 6.94. The van der Waals surface area contributed by atoms with Crippen LogP contribution in [-0.2, 0) is 6.54 Å². The van der Waals surface area contributed by atoms with Crippen LogP contribution in [0.15, 0.2) is 46.0 Å². The number of hydrogen-bond acceptors (Lipinski definition) is 3. The van der Waals surface area contributed by atoms with Gasteiger partial charge in [0, 0.05) is 18.2 Å². The van der Waals surface area contributed by atoms with Gasteiger partial charge in [-0.05, 0) is 44.7 Å². The van der Waals surface area contributed by atoms with Crippen LogP contribution in [0.5, 0.6) is 0 Å². The Labute approximate surface area is 185 Å². The van der Waals surface area contributed by atoms with Gasteiger partial charge in [-0.1, -0.05) is 18.2 Å². The Morgan fingerprint density at radius 3 is 2.48 bits per heavy atom. The Kier molecular flexibility index (Phi) is 8.79. The van der Waals surface area contributed by atoms with Gasteiger partial charge in [-0.3, -0.25) is 0 Å². The zero-order chi connectivity index (χ0) is 20.0. The molecule has 0 unspecified atom stereocenters. The summed E-state index contributed by atoms with van der Waals surface area (Å²) in [5, 5.41) is 6.39. The molecule has 1 saturated carbocycles. The summed E-state index contributed by atoms with van der Waals surface area (Å²) in [6.07, 6.45) is -1.24. The van der Waals surface area contributed by atoms with Crippen molar-refractivity contribution >= 4 is 29.9 Å². The number of aromatic nitrogens is 1. The molecule has 0 saturated heterocycles. The molecule has 0 radical (unpaired) electrons. The van der Waals surface area contributed by atoms with Gasteiger partial charge in [0.15, 0.2) is 5.96 Å². The molecule has 0 amide bonds. The van der Waals surface area contributed by atoms with E-state index in [2.05, 4.69) is 20.6 Å². The van der Waals surface area contributed by atoms with Crippen molar-refractivity contribution in [1.29, 1.82) is 0 Å². The lowest BCUT2D eigenvalue weighted by atomic mass is 9.85. The van der Waals surface area contributed by atoms with E-state index in [0.29, 0.717) is 43.5 Å². The van der Waals surface area contributed by atoms with E-state index in [1.165, 1.54) is 0 Å². The summed E-state index contributed by atoms with van der Waals surface area (Å²) in [6, 6.07) is 9.59. The minimum absolute atomic E-state index is 0. The molecule has 1 aromatic carbocycles. The molecule has 160 valence electrons. The first-order chi connectivity index (χ1) is 13.5. The number of nitrogens with one attached hydrogen (secondary N) is 2. The van der Waals surface area contributed by atoms with Crippen molar-refractivity contribution in [3.63, 3.8) is 0 Å². The molecule has 1 aliphatic carbocycles.